The fourth-order valence-electron chi connectivity index (χ4n) is 3.52. The van der Waals surface area contributed by atoms with E-state index in [9.17, 15) is 9.59 Å². The van der Waals surface area contributed by atoms with Gasteiger partial charge in [0, 0.05) is 15.5 Å². The largest absolute Gasteiger partial charge is 0.462 e. The summed E-state index contributed by atoms with van der Waals surface area (Å²) in [5, 5.41) is 11.3. The number of halogens is 2. The molecular formula is C21H19Cl2N3O3S. The zero-order chi connectivity index (χ0) is 21.3. The van der Waals surface area contributed by atoms with Crippen LogP contribution in [0.4, 0.5) is 5.00 Å². The van der Waals surface area contributed by atoms with Gasteiger partial charge in [0.15, 0.2) is 0 Å². The first-order chi connectivity index (χ1) is 14.5. The van der Waals surface area contributed by atoms with Crippen LogP contribution in [-0.4, -0.2) is 28.7 Å². The molecule has 2 N–H and O–H groups in total. The number of benzene rings is 1. The van der Waals surface area contributed by atoms with E-state index in [0.29, 0.717) is 31.9 Å². The van der Waals surface area contributed by atoms with Crippen LogP contribution in [0, 0.1) is 0 Å². The van der Waals surface area contributed by atoms with E-state index in [1.54, 1.807) is 31.2 Å². The number of rotatable bonds is 5. The first-order valence-corrected chi connectivity index (χ1v) is 11.2. The van der Waals surface area contributed by atoms with Crippen molar-refractivity contribution < 1.29 is 14.3 Å². The molecule has 0 saturated heterocycles. The first-order valence-electron chi connectivity index (χ1n) is 9.61. The topological polar surface area (TPSA) is 84.1 Å². The molecule has 1 aliphatic carbocycles. The summed E-state index contributed by atoms with van der Waals surface area (Å²) in [5.41, 5.74) is 2.92. The summed E-state index contributed by atoms with van der Waals surface area (Å²) in [7, 11) is 0. The summed E-state index contributed by atoms with van der Waals surface area (Å²) in [5.74, 6) is -0.784. The summed E-state index contributed by atoms with van der Waals surface area (Å²) in [4.78, 5) is 26.6. The predicted molar refractivity (Wildman–Crippen MR) is 119 cm³/mol. The molecular weight excluding hydrogens is 445 g/mol. The predicted octanol–water partition coefficient (Wildman–Crippen LogP) is 5.75. The molecule has 0 radical (unpaired) electrons. The van der Waals surface area contributed by atoms with Crippen molar-refractivity contribution in [2.45, 2.75) is 32.6 Å². The molecule has 9 heteroatoms. The van der Waals surface area contributed by atoms with Crippen LogP contribution in [0.2, 0.25) is 10.0 Å². The SMILES string of the molecule is CCOC(=O)c1c(NC(=O)c2cc(-c3ccc(Cl)cc3Cl)n[nH]2)sc2c1CCCC2. The van der Waals surface area contributed by atoms with Crippen molar-refractivity contribution in [1.82, 2.24) is 10.2 Å². The lowest BCUT2D eigenvalue weighted by molar-refractivity contribution is 0.0526. The standard InChI is InChI=1S/C21H19Cl2N3O3S/c1-2-29-21(28)18-13-5-3-4-6-17(13)30-20(18)24-19(27)16-10-15(25-26-16)12-8-7-11(22)9-14(12)23/h7-10H,2-6H2,1H3,(H,24,27)(H,25,26). The second-order valence-electron chi connectivity index (χ2n) is 6.88. The van der Waals surface area contributed by atoms with E-state index in [1.807, 2.05) is 0 Å². The maximum Gasteiger partial charge on any atom is 0.341 e. The molecule has 1 amide bonds. The van der Waals surface area contributed by atoms with E-state index < -0.39 is 5.97 Å². The van der Waals surface area contributed by atoms with Crippen molar-refractivity contribution in [2.75, 3.05) is 11.9 Å². The Morgan fingerprint density at radius 3 is 2.80 bits per heavy atom. The molecule has 0 saturated carbocycles. The number of ether oxygens (including phenoxy) is 1. The normalized spacial score (nSPS) is 13.0. The second-order valence-corrected chi connectivity index (χ2v) is 8.83. The Labute approximate surface area is 187 Å². The summed E-state index contributed by atoms with van der Waals surface area (Å²) in [6.07, 6.45) is 3.83. The monoisotopic (exact) mass is 463 g/mol. The van der Waals surface area contributed by atoms with Crippen molar-refractivity contribution in [1.29, 1.82) is 0 Å². The van der Waals surface area contributed by atoms with E-state index in [2.05, 4.69) is 15.5 Å². The summed E-state index contributed by atoms with van der Waals surface area (Å²) >= 11 is 13.6. The lowest BCUT2D eigenvalue weighted by atomic mass is 9.95. The van der Waals surface area contributed by atoms with Gasteiger partial charge in [-0.15, -0.1) is 11.3 Å². The molecule has 156 valence electrons. The average Bonchev–Trinajstić information content (AvgIpc) is 3.33. The number of carbonyl (C=O) groups excluding carboxylic acids is 2. The van der Waals surface area contributed by atoms with Gasteiger partial charge in [-0.1, -0.05) is 23.2 Å². The van der Waals surface area contributed by atoms with Gasteiger partial charge in [0.05, 0.1) is 22.9 Å². The van der Waals surface area contributed by atoms with Crippen molar-refractivity contribution in [3.63, 3.8) is 0 Å². The number of thiophene rings is 1. The number of fused-ring (bicyclic) bond motifs is 1. The number of carbonyl (C=O) groups is 2. The van der Waals surface area contributed by atoms with Crippen LogP contribution in [-0.2, 0) is 17.6 Å². The van der Waals surface area contributed by atoms with Crippen molar-refractivity contribution >= 4 is 51.4 Å². The minimum Gasteiger partial charge on any atom is -0.462 e. The number of anilines is 1. The number of hydrogen-bond donors (Lipinski definition) is 2. The number of H-pyrrole nitrogens is 1. The van der Waals surface area contributed by atoms with Gasteiger partial charge in [-0.3, -0.25) is 9.89 Å². The molecule has 1 aromatic carbocycles. The average molecular weight is 464 g/mol. The maximum atomic E-state index is 12.9. The highest BCUT2D eigenvalue weighted by Gasteiger charge is 2.27. The van der Waals surface area contributed by atoms with Crippen molar-refractivity contribution in [3.8, 4) is 11.3 Å². The van der Waals surface area contributed by atoms with Crippen LogP contribution in [0.3, 0.4) is 0 Å². The Bertz CT molecular complexity index is 1120. The van der Waals surface area contributed by atoms with E-state index in [1.165, 1.54) is 11.3 Å². The molecule has 0 bridgehead atoms. The molecule has 30 heavy (non-hydrogen) atoms. The highest BCUT2D eigenvalue weighted by molar-refractivity contribution is 7.17. The molecule has 6 nitrogen and oxygen atoms in total. The van der Waals surface area contributed by atoms with Gasteiger partial charge in [-0.25, -0.2) is 4.79 Å². The van der Waals surface area contributed by atoms with Crippen LogP contribution in [0.1, 0.15) is 51.1 Å². The zero-order valence-electron chi connectivity index (χ0n) is 16.2. The lowest BCUT2D eigenvalue weighted by Crippen LogP contribution is -2.16. The summed E-state index contributed by atoms with van der Waals surface area (Å²) in [6, 6.07) is 6.68. The van der Waals surface area contributed by atoms with E-state index >= 15 is 0 Å². The number of esters is 1. The molecule has 0 atom stereocenters. The Balaban J connectivity index is 1.61. The highest BCUT2D eigenvalue weighted by Crippen LogP contribution is 2.39. The fourth-order valence-corrected chi connectivity index (χ4v) is 5.29. The molecule has 2 aromatic heterocycles. The Morgan fingerprint density at radius 2 is 2.03 bits per heavy atom. The smallest absolute Gasteiger partial charge is 0.341 e. The van der Waals surface area contributed by atoms with Gasteiger partial charge in [0.2, 0.25) is 0 Å². The van der Waals surface area contributed by atoms with E-state index in [0.717, 1.165) is 36.1 Å². The molecule has 1 aliphatic rings. The molecule has 0 unspecified atom stereocenters. The second kappa shape index (κ2) is 8.79. The molecule has 0 fully saturated rings. The van der Waals surface area contributed by atoms with E-state index in [4.69, 9.17) is 27.9 Å². The van der Waals surface area contributed by atoms with Crippen LogP contribution < -0.4 is 5.32 Å². The Kier molecular flexibility index (Phi) is 6.13. The van der Waals surface area contributed by atoms with Gasteiger partial charge in [-0.05, 0) is 62.4 Å². The number of aromatic nitrogens is 2. The molecule has 4 rings (SSSR count). The van der Waals surface area contributed by atoms with Gasteiger partial charge in [0.25, 0.3) is 5.91 Å². The van der Waals surface area contributed by atoms with Gasteiger partial charge >= 0.3 is 5.97 Å². The number of nitrogens with zero attached hydrogens (tertiary/aromatic N) is 1. The first kappa shape index (κ1) is 20.9. The third-order valence-electron chi connectivity index (χ3n) is 4.91. The minimum atomic E-state index is -0.398. The van der Waals surface area contributed by atoms with Crippen LogP contribution in [0.15, 0.2) is 24.3 Å². The minimum absolute atomic E-state index is 0.261. The highest BCUT2D eigenvalue weighted by atomic mass is 35.5. The number of hydrogen-bond acceptors (Lipinski definition) is 5. The fraction of sp³-hybridized carbons (Fsp3) is 0.286. The van der Waals surface area contributed by atoms with Gasteiger partial charge < -0.3 is 10.1 Å². The maximum absolute atomic E-state index is 12.9. The van der Waals surface area contributed by atoms with Gasteiger partial charge in [-0.2, -0.15) is 5.10 Å². The number of amides is 1. The third-order valence-corrected chi connectivity index (χ3v) is 6.66. The van der Waals surface area contributed by atoms with Crippen LogP contribution >= 0.6 is 34.5 Å². The number of nitrogens with one attached hydrogen (secondary N) is 2. The molecule has 2 heterocycles. The van der Waals surface area contributed by atoms with Crippen molar-refractivity contribution in [3.05, 3.63) is 56.0 Å². The summed E-state index contributed by atoms with van der Waals surface area (Å²) in [6.45, 7) is 2.05. The third kappa shape index (κ3) is 4.10. The van der Waals surface area contributed by atoms with E-state index in [-0.39, 0.29) is 18.2 Å². The van der Waals surface area contributed by atoms with Gasteiger partial charge in [0.1, 0.15) is 10.7 Å². The van der Waals surface area contributed by atoms with Crippen LogP contribution in [0.5, 0.6) is 0 Å². The quantitative estimate of drug-likeness (QED) is 0.471. The number of aryl methyl sites for hydroxylation is 1. The molecule has 0 aliphatic heterocycles. The number of aromatic amines is 1. The van der Waals surface area contributed by atoms with Crippen LogP contribution in [0.25, 0.3) is 11.3 Å². The summed E-state index contributed by atoms with van der Waals surface area (Å²) < 4.78 is 5.24. The Hall–Kier alpha value is -2.35. The van der Waals surface area contributed by atoms with Crippen molar-refractivity contribution in [2.24, 2.45) is 0 Å². The zero-order valence-corrected chi connectivity index (χ0v) is 18.5. The Morgan fingerprint density at radius 1 is 1.23 bits per heavy atom. The molecule has 0 spiro atoms. The molecule has 3 aromatic rings. The lowest BCUT2D eigenvalue weighted by Gasteiger charge is -2.12.